The van der Waals surface area contributed by atoms with Crippen LogP contribution in [0, 0.1) is 25.2 Å². The number of nitriles is 1. The Morgan fingerprint density at radius 1 is 1.40 bits per heavy atom. The summed E-state index contributed by atoms with van der Waals surface area (Å²) >= 11 is 0. The minimum Gasteiger partial charge on any atom is -0.467 e. The number of rotatable bonds is 7. The highest BCUT2D eigenvalue weighted by molar-refractivity contribution is 5.93. The summed E-state index contributed by atoms with van der Waals surface area (Å²) in [5, 5.41) is 15.6. The van der Waals surface area contributed by atoms with Crippen LogP contribution in [0.1, 0.15) is 49.8 Å². The van der Waals surface area contributed by atoms with Gasteiger partial charge in [0.1, 0.15) is 17.6 Å². The van der Waals surface area contributed by atoms with Gasteiger partial charge in [-0.2, -0.15) is 5.26 Å². The molecule has 0 fully saturated rings. The lowest BCUT2D eigenvalue weighted by atomic mass is 10.0. The molecule has 0 unspecified atom stereocenters. The minimum absolute atomic E-state index is 0.114. The fraction of sp³-hybridized carbons (Fsp3) is 0.474. The van der Waals surface area contributed by atoms with E-state index in [2.05, 4.69) is 37.5 Å². The van der Waals surface area contributed by atoms with Gasteiger partial charge in [-0.1, -0.05) is 6.92 Å². The number of amides is 1. The molecule has 2 aromatic heterocycles. The zero-order valence-electron chi connectivity index (χ0n) is 15.6. The summed E-state index contributed by atoms with van der Waals surface area (Å²) in [6.45, 7) is 10.7. The van der Waals surface area contributed by atoms with E-state index in [1.165, 1.54) is 0 Å². The summed E-state index contributed by atoms with van der Waals surface area (Å²) in [5.41, 5.74) is 2.18. The van der Waals surface area contributed by atoms with Gasteiger partial charge in [0.2, 0.25) is 5.91 Å². The van der Waals surface area contributed by atoms with Crippen molar-refractivity contribution in [2.45, 2.75) is 53.1 Å². The van der Waals surface area contributed by atoms with Crippen LogP contribution in [0.15, 0.2) is 22.8 Å². The molecule has 134 valence electrons. The molecule has 0 aromatic carbocycles. The Bertz CT molecular complexity index is 779. The molecule has 2 heterocycles. The first-order valence-electron chi connectivity index (χ1n) is 8.46. The van der Waals surface area contributed by atoms with E-state index in [9.17, 15) is 10.1 Å². The molecule has 0 aliphatic rings. The van der Waals surface area contributed by atoms with Crippen LogP contribution >= 0.6 is 0 Å². The Hall–Kier alpha value is -2.52. The van der Waals surface area contributed by atoms with Crippen LogP contribution in [-0.4, -0.2) is 22.6 Å². The molecule has 2 N–H and O–H groups in total. The van der Waals surface area contributed by atoms with E-state index in [1.807, 2.05) is 30.5 Å². The summed E-state index contributed by atoms with van der Waals surface area (Å²) in [6, 6.07) is 5.90. The number of hydrogen-bond acceptors (Lipinski definition) is 4. The van der Waals surface area contributed by atoms with Gasteiger partial charge < -0.3 is 19.6 Å². The Morgan fingerprint density at radius 2 is 2.12 bits per heavy atom. The van der Waals surface area contributed by atoms with Gasteiger partial charge in [-0.3, -0.25) is 4.79 Å². The zero-order valence-corrected chi connectivity index (χ0v) is 15.6. The highest BCUT2D eigenvalue weighted by atomic mass is 16.3. The number of nitrogens with one attached hydrogen (secondary N) is 2. The number of aromatic nitrogens is 1. The number of furan rings is 1. The van der Waals surface area contributed by atoms with Gasteiger partial charge in [-0.25, -0.2) is 0 Å². The Labute approximate surface area is 148 Å². The molecule has 2 rings (SSSR count). The van der Waals surface area contributed by atoms with Crippen molar-refractivity contribution in [2.24, 2.45) is 0 Å². The van der Waals surface area contributed by atoms with Gasteiger partial charge >= 0.3 is 0 Å². The fourth-order valence-electron chi connectivity index (χ4n) is 2.51. The average Bonchev–Trinajstić information content (AvgIpc) is 3.16. The summed E-state index contributed by atoms with van der Waals surface area (Å²) in [6.07, 6.45) is 2.53. The molecule has 0 bridgehead atoms. The van der Waals surface area contributed by atoms with Gasteiger partial charge in [0.05, 0.1) is 24.9 Å². The molecule has 0 spiro atoms. The second-order valence-corrected chi connectivity index (χ2v) is 6.85. The molecule has 6 nitrogen and oxygen atoms in total. The molecule has 0 aliphatic heterocycles. The van der Waals surface area contributed by atoms with Crippen molar-refractivity contribution < 1.29 is 9.21 Å². The highest BCUT2D eigenvalue weighted by Crippen LogP contribution is 2.27. The van der Waals surface area contributed by atoms with Crippen LogP contribution in [0.3, 0.4) is 0 Å². The van der Waals surface area contributed by atoms with Gasteiger partial charge in [-0.05, 0) is 51.8 Å². The molecule has 6 heteroatoms. The van der Waals surface area contributed by atoms with Crippen LogP contribution in [0.5, 0.6) is 0 Å². The Balaban J connectivity index is 2.25. The lowest BCUT2D eigenvalue weighted by Gasteiger charge is -2.24. The van der Waals surface area contributed by atoms with Crippen molar-refractivity contribution in [2.75, 3.05) is 11.9 Å². The fourth-order valence-corrected chi connectivity index (χ4v) is 2.51. The van der Waals surface area contributed by atoms with Crippen LogP contribution < -0.4 is 10.6 Å². The van der Waals surface area contributed by atoms with Gasteiger partial charge in [0.15, 0.2) is 0 Å². The van der Waals surface area contributed by atoms with E-state index in [4.69, 9.17) is 4.42 Å². The van der Waals surface area contributed by atoms with Crippen molar-refractivity contribution in [3.63, 3.8) is 0 Å². The van der Waals surface area contributed by atoms with Crippen molar-refractivity contribution in [1.82, 2.24) is 9.88 Å². The molecule has 1 amide bonds. The lowest BCUT2D eigenvalue weighted by Crippen LogP contribution is -2.43. The molecule has 0 atom stereocenters. The van der Waals surface area contributed by atoms with Crippen molar-refractivity contribution in [1.29, 1.82) is 5.26 Å². The zero-order chi connectivity index (χ0) is 18.6. The topological polar surface area (TPSA) is 83.0 Å². The molecule has 2 aromatic rings. The first kappa shape index (κ1) is 18.8. The van der Waals surface area contributed by atoms with Crippen molar-refractivity contribution in [3.05, 3.63) is 41.0 Å². The van der Waals surface area contributed by atoms with E-state index >= 15 is 0 Å². The second kappa shape index (κ2) is 7.58. The number of hydrogen-bond donors (Lipinski definition) is 2. The average molecular weight is 342 g/mol. The third-order valence-electron chi connectivity index (χ3n) is 4.70. The summed E-state index contributed by atoms with van der Waals surface area (Å²) in [5.74, 6) is 1.12. The SMILES string of the molecule is CCC(C)(C)NCC(=O)Nc1c(C#N)c(C)c(C)n1Cc1ccco1. The molecule has 0 radical (unpaired) electrons. The molecule has 25 heavy (non-hydrogen) atoms. The molecule has 0 aliphatic carbocycles. The summed E-state index contributed by atoms with van der Waals surface area (Å²) in [4.78, 5) is 12.4. The maximum absolute atomic E-state index is 12.4. The quantitative estimate of drug-likeness (QED) is 0.808. The third-order valence-corrected chi connectivity index (χ3v) is 4.70. The minimum atomic E-state index is -0.170. The predicted octanol–water partition coefficient (Wildman–Crippen LogP) is 3.33. The first-order valence-corrected chi connectivity index (χ1v) is 8.46. The molecule has 0 saturated carbocycles. The summed E-state index contributed by atoms with van der Waals surface area (Å²) in [7, 11) is 0. The van der Waals surface area contributed by atoms with Gasteiger partial charge in [0, 0.05) is 11.2 Å². The summed E-state index contributed by atoms with van der Waals surface area (Å²) < 4.78 is 7.33. The predicted molar refractivity (Wildman–Crippen MR) is 97.4 cm³/mol. The molecule has 0 saturated heterocycles. The maximum atomic E-state index is 12.4. The largest absolute Gasteiger partial charge is 0.467 e. The van der Waals surface area contributed by atoms with Crippen LogP contribution in [0.2, 0.25) is 0 Å². The smallest absolute Gasteiger partial charge is 0.239 e. The Kier molecular flexibility index (Phi) is 5.70. The highest BCUT2D eigenvalue weighted by Gasteiger charge is 2.21. The molecular weight excluding hydrogens is 316 g/mol. The van der Waals surface area contributed by atoms with Crippen LogP contribution in [-0.2, 0) is 11.3 Å². The lowest BCUT2D eigenvalue weighted by molar-refractivity contribution is -0.115. The molecular formula is C19H26N4O2. The monoisotopic (exact) mass is 342 g/mol. The van der Waals surface area contributed by atoms with Crippen molar-refractivity contribution in [3.8, 4) is 6.07 Å². The number of nitrogens with zero attached hydrogens (tertiary/aromatic N) is 2. The van der Waals surface area contributed by atoms with Gasteiger partial charge in [-0.15, -0.1) is 0 Å². The van der Waals surface area contributed by atoms with Gasteiger partial charge in [0.25, 0.3) is 0 Å². The van der Waals surface area contributed by atoms with Crippen molar-refractivity contribution >= 4 is 11.7 Å². The maximum Gasteiger partial charge on any atom is 0.239 e. The Morgan fingerprint density at radius 3 is 2.68 bits per heavy atom. The second-order valence-electron chi connectivity index (χ2n) is 6.85. The van der Waals surface area contributed by atoms with E-state index < -0.39 is 0 Å². The van der Waals surface area contributed by atoms with Crippen LogP contribution in [0.4, 0.5) is 5.82 Å². The number of carbonyl (C=O) groups is 1. The number of carbonyl (C=O) groups excluding carboxylic acids is 1. The van der Waals surface area contributed by atoms with E-state index in [0.29, 0.717) is 17.9 Å². The third kappa shape index (κ3) is 4.31. The normalized spacial score (nSPS) is 11.4. The van der Waals surface area contributed by atoms with E-state index in [0.717, 1.165) is 23.4 Å². The number of anilines is 1. The van der Waals surface area contributed by atoms with Crippen LogP contribution in [0.25, 0.3) is 0 Å². The standard InChI is InChI=1S/C19H26N4O2/c1-6-19(4,5)21-11-17(24)22-18-16(10-20)13(2)14(3)23(18)12-15-8-7-9-25-15/h7-9,21H,6,11-12H2,1-5H3,(H,22,24). The van der Waals surface area contributed by atoms with E-state index in [1.54, 1.807) is 6.26 Å². The first-order chi connectivity index (χ1) is 11.8. The van der Waals surface area contributed by atoms with E-state index in [-0.39, 0.29) is 18.0 Å².